The zero-order valence-electron chi connectivity index (χ0n) is 9.77. The molecule has 0 radical (unpaired) electrons. The SMILES string of the molecule is CC(C(=O)O)=C(C)C(=O)NCc1nc(C)no1. The summed E-state index contributed by atoms with van der Waals surface area (Å²) in [5, 5.41) is 14.8. The van der Waals surface area contributed by atoms with Crippen LogP contribution >= 0.6 is 0 Å². The lowest BCUT2D eigenvalue weighted by atomic mass is 10.1. The number of aryl methyl sites for hydroxylation is 1. The lowest BCUT2D eigenvalue weighted by Gasteiger charge is -2.04. The van der Waals surface area contributed by atoms with Crippen LogP contribution in [0.25, 0.3) is 0 Å². The van der Waals surface area contributed by atoms with Crippen molar-refractivity contribution in [1.29, 1.82) is 0 Å². The minimum atomic E-state index is -1.12. The number of rotatable bonds is 4. The predicted molar refractivity (Wildman–Crippen MR) is 56.9 cm³/mol. The monoisotopic (exact) mass is 239 g/mol. The molecule has 1 heterocycles. The van der Waals surface area contributed by atoms with E-state index in [0.29, 0.717) is 5.82 Å². The van der Waals surface area contributed by atoms with Gasteiger partial charge < -0.3 is 14.9 Å². The Bertz CT molecular complexity index is 476. The van der Waals surface area contributed by atoms with Crippen molar-refractivity contribution in [3.63, 3.8) is 0 Å². The zero-order chi connectivity index (χ0) is 13.0. The topological polar surface area (TPSA) is 105 Å². The summed E-state index contributed by atoms with van der Waals surface area (Å²) in [5.41, 5.74) is 0.151. The summed E-state index contributed by atoms with van der Waals surface area (Å²) >= 11 is 0. The highest BCUT2D eigenvalue weighted by Crippen LogP contribution is 2.04. The Morgan fingerprint density at radius 3 is 2.47 bits per heavy atom. The van der Waals surface area contributed by atoms with Crippen LogP contribution in [0.5, 0.6) is 0 Å². The average molecular weight is 239 g/mol. The molecule has 92 valence electrons. The maximum Gasteiger partial charge on any atom is 0.331 e. The number of carbonyl (C=O) groups is 2. The second-order valence-corrected chi connectivity index (χ2v) is 3.47. The van der Waals surface area contributed by atoms with Crippen molar-refractivity contribution in [3.8, 4) is 0 Å². The van der Waals surface area contributed by atoms with E-state index in [9.17, 15) is 9.59 Å². The molecule has 0 aliphatic carbocycles. The van der Waals surface area contributed by atoms with Crippen molar-refractivity contribution in [2.45, 2.75) is 27.3 Å². The molecule has 0 unspecified atom stereocenters. The van der Waals surface area contributed by atoms with E-state index < -0.39 is 11.9 Å². The van der Waals surface area contributed by atoms with Crippen LogP contribution in [0.1, 0.15) is 25.6 Å². The van der Waals surface area contributed by atoms with Gasteiger partial charge >= 0.3 is 5.97 Å². The van der Waals surface area contributed by atoms with Crippen LogP contribution in [-0.4, -0.2) is 27.1 Å². The standard InChI is InChI=1S/C10H13N3O4/c1-5(6(2)10(15)16)9(14)11-4-8-12-7(3)13-17-8/h4H2,1-3H3,(H,11,14)(H,15,16). The number of nitrogens with zero attached hydrogens (tertiary/aromatic N) is 2. The van der Waals surface area contributed by atoms with E-state index in [1.165, 1.54) is 13.8 Å². The normalized spacial score (nSPS) is 11.9. The van der Waals surface area contributed by atoms with Gasteiger partial charge in [-0.15, -0.1) is 0 Å². The van der Waals surface area contributed by atoms with Gasteiger partial charge in [0.2, 0.25) is 11.8 Å². The van der Waals surface area contributed by atoms with Crippen molar-refractivity contribution in [2.75, 3.05) is 0 Å². The van der Waals surface area contributed by atoms with Crippen LogP contribution in [0, 0.1) is 6.92 Å². The zero-order valence-corrected chi connectivity index (χ0v) is 9.77. The van der Waals surface area contributed by atoms with Gasteiger partial charge in [-0.25, -0.2) is 4.79 Å². The van der Waals surface area contributed by atoms with E-state index in [0.717, 1.165) is 0 Å². The number of hydrogen-bond acceptors (Lipinski definition) is 5. The van der Waals surface area contributed by atoms with Crippen LogP contribution in [0.3, 0.4) is 0 Å². The summed E-state index contributed by atoms with van der Waals surface area (Å²) in [6.07, 6.45) is 0. The Morgan fingerprint density at radius 2 is 2.00 bits per heavy atom. The van der Waals surface area contributed by atoms with Crippen LogP contribution in [0.2, 0.25) is 0 Å². The van der Waals surface area contributed by atoms with Gasteiger partial charge in [-0.3, -0.25) is 4.79 Å². The molecule has 0 spiro atoms. The van der Waals surface area contributed by atoms with Gasteiger partial charge in [0.25, 0.3) is 0 Å². The smallest absolute Gasteiger partial charge is 0.331 e. The lowest BCUT2D eigenvalue weighted by Crippen LogP contribution is -2.25. The molecule has 0 bridgehead atoms. The summed E-state index contributed by atoms with van der Waals surface area (Å²) in [5.74, 6) is -0.841. The third kappa shape index (κ3) is 3.40. The Balaban J connectivity index is 2.62. The first-order valence-corrected chi connectivity index (χ1v) is 4.90. The molecule has 0 saturated heterocycles. The van der Waals surface area contributed by atoms with Crippen LogP contribution in [-0.2, 0) is 16.1 Å². The third-order valence-electron chi connectivity index (χ3n) is 2.19. The quantitative estimate of drug-likeness (QED) is 0.737. The van der Waals surface area contributed by atoms with Crippen molar-refractivity contribution >= 4 is 11.9 Å². The van der Waals surface area contributed by atoms with Crippen molar-refractivity contribution < 1.29 is 19.2 Å². The number of nitrogens with one attached hydrogen (secondary N) is 1. The highest BCUT2D eigenvalue weighted by molar-refractivity contribution is 6.01. The van der Waals surface area contributed by atoms with Crippen molar-refractivity contribution in [2.24, 2.45) is 0 Å². The third-order valence-corrected chi connectivity index (χ3v) is 2.19. The van der Waals surface area contributed by atoms with Gasteiger partial charge in [0.1, 0.15) is 0 Å². The van der Waals surface area contributed by atoms with E-state index >= 15 is 0 Å². The second-order valence-electron chi connectivity index (χ2n) is 3.47. The van der Waals surface area contributed by atoms with Crippen molar-refractivity contribution in [3.05, 3.63) is 22.9 Å². The highest BCUT2D eigenvalue weighted by atomic mass is 16.5. The minimum Gasteiger partial charge on any atom is -0.478 e. The number of hydrogen-bond donors (Lipinski definition) is 2. The summed E-state index contributed by atoms with van der Waals surface area (Å²) in [6.45, 7) is 4.55. The van der Waals surface area contributed by atoms with Gasteiger partial charge in [0.05, 0.1) is 6.54 Å². The molecule has 0 saturated carbocycles. The van der Waals surface area contributed by atoms with Gasteiger partial charge in [0, 0.05) is 11.1 Å². The molecule has 1 amide bonds. The first-order valence-electron chi connectivity index (χ1n) is 4.90. The first-order chi connectivity index (χ1) is 7.91. The molecule has 7 heteroatoms. The number of carbonyl (C=O) groups excluding carboxylic acids is 1. The van der Waals surface area contributed by atoms with E-state index in [4.69, 9.17) is 9.63 Å². The van der Waals surface area contributed by atoms with E-state index in [1.807, 2.05) is 0 Å². The van der Waals surface area contributed by atoms with Crippen LogP contribution in [0.4, 0.5) is 0 Å². The molecule has 0 atom stereocenters. The summed E-state index contributed by atoms with van der Waals surface area (Å²) in [7, 11) is 0. The maximum absolute atomic E-state index is 11.5. The molecule has 17 heavy (non-hydrogen) atoms. The number of aliphatic carboxylic acids is 1. The van der Waals surface area contributed by atoms with E-state index in [-0.39, 0.29) is 23.6 Å². The molecule has 0 aromatic carbocycles. The average Bonchev–Trinajstić information content (AvgIpc) is 2.69. The molecule has 7 nitrogen and oxygen atoms in total. The van der Waals surface area contributed by atoms with Gasteiger partial charge in [-0.05, 0) is 20.8 Å². The fraction of sp³-hybridized carbons (Fsp3) is 0.400. The molecule has 0 fully saturated rings. The Hall–Kier alpha value is -2.18. The number of carboxylic acids is 1. The number of carboxylic acid groups (broad SMARTS) is 1. The fourth-order valence-corrected chi connectivity index (χ4v) is 1.03. The predicted octanol–water partition coefficient (Wildman–Crippen LogP) is 0.415. The molecule has 0 aliphatic rings. The number of amides is 1. The molecular weight excluding hydrogens is 226 g/mol. The van der Waals surface area contributed by atoms with E-state index in [2.05, 4.69) is 15.5 Å². The van der Waals surface area contributed by atoms with E-state index in [1.54, 1.807) is 6.92 Å². The van der Waals surface area contributed by atoms with Crippen molar-refractivity contribution in [1.82, 2.24) is 15.5 Å². The van der Waals surface area contributed by atoms with Gasteiger partial charge in [-0.1, -0.05) is 5.16 Å². The molecule has 1 aromatic rings. The molecular formula is C10H13N3O4. The number of aromatic nitrogens is 2. The maximum atomic E-state index is 11.5. The minimum absolute atomic E-state index is 0.00390. The van der Waals surface area contributed by atoms with Gasteiger partial charge in [-0.2, -0.15) is 4.98 Å². The van der Waals surface area contributed by atoms with Crippen LogP contribution in [0.15, 0.2) is 15.7 Å². The first kappa shape index (κ1) is 12.9. The largest absolute Gasteiger partial charge is 0.478 e. The molecule has 1 rings (SSSR count). The molecule has 2 N–H and O–H groups in total. The molecule has 0 aliphatic heterocycles. The highest BCUT2D eigenvalue weighted by Gasteiger charge is 2.13. The Kier molecular flexibility index (Phi) is 3.97. The summed E-state index contributed by atoms with van der Waals surface area (Å²) < 4.78 is 4.79. The summed E-state index contributed by atoms with van der Waals surface area (Å²) in [4.78, 5) is 26.1. The fourth-order valence-electron chi connectivity index (χ4n) is 1.03. The van der Waals surface area contributed by atoms with Crippen LogP contribution < -0.4 is 5.32 Å². The molecule has 1 aromatic heterocycles. The lowest BCUT2D eigenvalue weighted by molar-refractivity contribution is -0.133. The summed E-state index contributed by atoms with van der Waals surface area (Å²) in [6, 6.07) is 0. The Labute approximate surface area is 97.5 Å². The second kappa shape index (κ2) is 5.24. The Morgan fingerprint density at radius 1 is 1.35 bits per heavy atom. The van der Waals surface area contributed by atoms with Gasteiger partial charge in [0.15, 0.2) is 5.82 Å².